The molecule has 0 saturated carbocycles. The van der Waals surface area contributed by atoms with Gasteiger partial charge < -0.3 is 14.9 Å². The van der Waals surface area contributed by atoms with Crippen molar-refractivity contribution in [1.82, 2.24) is 0 Å². The number of benzene rings is 4. The summed E-state index contributed by atoms with van der Waals surface area (Å²) in [5, 5.41) is 11.5. The van der Waals surface area contributed by atoms with Crippen molar-refractivity contribution in [3.8, 4) is 5.75 Å². The van der Waals surface area contributed by atoms with Gasteiger partial charge in [0.2, 0.25) is 0 Å². The van der Waals surface area contributed by atoms with Crippen molar-refractivity contribution in [2.24, 2.45) is 9.98 Å². The predicted octanol–water partition coefficient (Wildman–Crippen LogP) is 7.36. The van der Waals surface area contributed by atoms with Gasteiger partial charge in [-0.2, -0.15) is 0 Å². The Bertz CT molecular complexity index is 1610. The lowest BCUT2D eigenvalue weighted by Crippen LogP contribution is -2.24. The van der Waals surface area contributed by atoms with Crippen molar-refractivity contribution in [2.75, 3.05) is 9.80 Å². The lowest BCUT2D eigenvalue weighted by Gasteiger charge is -2.29. The van der Waals surface area contributed by atoms with E-state index >= 15 is 0 Å². The van der Waals surface area contributed by atoms with E-state index < -0.39 is 0 Å². The van der Waals surface area contributed by atoms with Crippen molar-refractivity contribution in [1.29, 1.82) is 0 Å². The molecule has 4 aromatic rings. The van der Waals surface area contributed by atoms with Gasteiger partial charge in [-0.1, -0.05) is 60.7 Å². The molecule has 0 saturated heterocycles. The van der Waals surface area contributed by atoms with E-state index in [1.54, 1.807) is 0 Å². The number of allylic oxidation sites excluding steroid dienone is 2. The second-order valence-corrected chi connectivity index (χ2v) is 11.5. The molecule has 5 aliphatic heterocycles. The summed E-state index contributed by atoms with van der Waals surface area (Å²) < 4.78 is 1.09. The first kappa shape index (κ1) is 24.8. The number of para-hydroxylation sites is 2. The molecule has 0 aromatic heterocycles. The summed E-state index contributed by atoms with van der Waals surface area (Å²) in [5.74, 6) is 0.337. The highest BCUT2D eigenvalue weighted by molar-refractivity contribution is 14.1. The summed E-state index contributed by atoms with van der Waals surface area (Å²) in [4.78, 5) is 14.3. The van der Waals surface area contributed by atoms with Gasteiger partial charge in [-0.25, -0.2) is 0 Å². The van der Waals surface area contributed by atoms with Crippen molar-refractivity contribution < 1.29 is 5.11 Å². The molecule has 0 radical (unpaired) electrons. The van der Waals surface area contributed by atoms with Gasteiger partial charge in [-0.3, -0.25) is 9.98 Å². The first-order valence-electron chi connectivity index (χ1n) is 13.4. The second kappa shape index (κ2) is 10.4. The molecular weight excluding hydrogens is 607 g/mol. The maximum atomic E-state index is 11.5. The molecule has 4 aromatic carbocycles. The van der Waals surface area contributed by atoms with Crippen LogP contribution < -0.4 is 9.80 Å². The molecule has 0 aliphatic carbocycles. The van der Waals surface area contributed by atoms with Gasteiger partial charge >= 0.3 is 0 Å². The zero-order valence-corrected chi connectivity index (χ0v) is 24.0. The smallest absolute Gasteiger partial charge is 0.125 e. The predicted molar refractivity (Wildman–Crippen MR) is 171 cm³/mol. The highest BCUT2D eigenvalue weighted by atomic mass is 127. The maximum Gasteiger partial charge on any atom is 0.125 e. The van der Waals surface area contributed by atoms with Crippen LogP contribution in [-0.2, 0) is 26.2 Å². The molecule has 5 heterocycles. The van der Waals surface area contributed by atoms with Gasteiger partial charge in [0.1, 0.15) is 5.75 Å². The Morgan fingerprint density at radius 3 is 1.55 bits per heavy atom. The minimum absolute atomic E-state index is 0.337. The summed E-state index contributed by atoms with van der Waals surface area (Å²) in [7, 11) is 0. The number of aliphatic imine (C=N–C) groups is 2. The number of hydrogen-bond donors (Lipinski definition) is 1. The Morgan fingerprint density at radius 1 is 0.625 bits per heavy atom. The van der Waals surface area contributed by atoms with E-state index in [-0.39, 0.29) is 0 Å². The number of halogens is 1. The Labute approximate surface area is 247 Å². The van der Waals surface area contributed by atoms with Crippen molar-refractivity contribution >= 4 is 45.4 Å². The van der Waals surface area contributed by atoms with Crippen LogP contribution in [0.3, 0.4) is 0 Å². The Balaban J connectivity index is 1.35. The third-order valence-corrected chi connectivity index (χ3v) is 8.23. The van der Waals surface area contributed by atoms with Crippen LogP contribution in [-0.4, -0.2) is 16.5 Å². The summed E-state index contributed by atoms with van der Waals surface area (Å²) in [6.45, 7) is 2.33. The van der Waals surface area contributed by atoms with Gasteiger partial charge in [-0.05, 0) is 70.1 Å². The lowest BCUT2D eigenvalue weighted by atomic mass is 10.0. The topological polar surface area (TPSA) is 51.4 Å². The highest BCUT2D eigenvalue weighted by Gasteiger charge is 2.22. The number of nitrogens with zero attached hydrogens (tertiary/aromatic N) is 4. The van der Waals surface area contributed by atoms with Crippen LogP contribution in [0.2, 0.25) is 0 Å². The lowest BCUT2D eigenvalue weighted by molar-refractivity contribution is 0.460. The second-order valence-electron chi connectivity index (χ2n) is 10.2. The summed E-state index contributed by atoms with van der Waals surface area (Å²) in [6.07, 6.45) is 8.31. The van der Waals surface area contributed by atoms with Gasteiger partial charge in [0.25, 0.3) is 0 Å². The Morgan fingerprint density at radius 2 is 1.07 bits per heavy atom. The van der Waals surface area contributed by atoms with E-state index in [0.717, 1.165) is 59.7 Å². The number of hydrogen-bond acceptors (Lipinski definition) is 5. The zero-order valence-electron chi connectivity index (χ0n) is 21.8. The van der Waals surface area contributed by atoms with Crippen LogP contribution in [0, 0.1) is 3.57 Å². The molecule has 0 atom stereocenters. The molecule has 0 unspecified atom stereocenters. The van der Waals surface area contributed by atoms with Crippen LogP contribution >= 0.6 is 22.6 Å². The fourth-order valence-corrected chi connectivity index (χ4v) is 6.27. The normalized spacial score (nSPS) is 15.8. The number of phenolic OH excluding ortho intramolecular Hbond substituents is 1. The molecule has 5 nitrogen and oxygen atoms in total. The molecule has 5 aliphatic rings. The summed E-state index contributed by atoms with van der Waals surface area (Å²) in [6, 6.07) is 29.4. The number of rotatable bonds is 0. The fourth-order valence-electron chi connectivity index (χ4n) is 5.52. The van der Waals surface area contributed by atoms with Crippen LogP contribution in [0.4, 0.5) is 11.4 Å². The molecule has 0 fully saturated rings. The van der Waals surface area contributed by atoms with Gasteiger partial charge in [0, 0.05) is 38.2 Å². The standard InChI is InChI=1S/C34H27IN4O/c35-27-17-25-21-38-15-13-30(28-5-1-3-7-32(28)38)36-19-23-9-11-24(12-10-23)20-37-31-14-16-39(22-26(18-27)34(25)40)33-8-4-2-6-29(31)33/h1-18,40H,19-22H2. The Kier molecular flexibility index (Phi) is 6.48. The van der Waals surface area contributed by atoms with Gasteiger partial charge in [-0.15, -0.1) is 0 Å². The first-order chi connectivity index (χ1) is 19.6. The van der Waals surface area contributed by atoms with Crippen molar-refractivity contribution in [2.45, 2.75) is 26.2 Å². The Hall–Kier alpha value is -4.17. The quantitative estimate of drug-likeness (QED) is 0.206. The first-order valence-corrected chi connectivity index (χ1v) is 14.5. The molecule has 0 spiro atoms. The van der Waals surface area contributed by atoms with Crippen LogP contribution in [0.5, 0.6) is 5.75 Å². The van der Waals surface area contributed by atoms with Crippen LogP contribution in [0.1, 0.15) is 33.4 Å². The molecule has 196 valence electrons. The third kappa shape index (κ3) is 4.73. The number of anilines is 2. The molecule has 6 heteroatoms. The minimum Gasteiger partial charge on any atom is -0.507 e. The summed E-state index contributed by atoms with van der Waals surface area (Å²) >= 11 is 2.35. The van der Waals surface area contributed by atoms with Gasteiger partial charge in [0.05, 0.1) is 49.0 Å². The van der Waals surface area contributed by atoms with Crippen LogP contribution in [0.25, 0.3) is 0 Å². The molecule has 40 heavy (non-hydrogen) atoms. The maximum absolute atomic E-state index is 11.5. The van der Waals surface area contributed by atoms with Crippen molar-refractivity contribution in [3.63, 3.8) is 0 Å². The monoisotopic (exact) mass is 634 g/mol. The van der Waals surface area contributed by atoms with Crippen molar-refractivity contribution in [3.05, 3.63) is 146 Å². The molecule has 9 rings (SSSR count). The molecule has 8 bridgehead atoms. The average Bonchev–Trinajstić information content (AvgIpc) is 2.99. The van der Waals surface area contributed by atoms with E-state index in [2.05, 4.69) is 142 Å². The molecule has 1 N–H and O–H groups in total. The van der Waals surface area contributed by atoms with Gasteiger partial charge in [0.15, 0.2) is 0 Å². The highest BCUT2D eigenvalue weighted by Crippen LogP contribution is 2.35. The SMILES string of the molecule is Oc1c2cc(I)cc1CN1C=CC(=NCc3ccc(cc3)CN=C3C=CN(C2)c2ccccc23)c2ccccc21. The van der Waals surface area contributed by atoms with E-state index in [1.807, 2.05) is 0 Å². The van der Waals surface area contributed by atoms with E-state index in [1.165, 1.54) is 0 Å². The average molecular weight is 635 g/mol. The fraction of sp³-hybridized carbons (Fsp3) is 0.118. The van der Waals surface area contributed by atoms with E-state index in [9.17, 15) is 5.11 Å². The minimum atomic E-state index is 0.337. The number of aromatic hydroxyl groups is 1. The molecular formula is C34H27IN4O. The summed E-state index contributed by atoms with van der Waals surface area (Å²) in [5.41, 5.74) is 10.4. The molecule has 0 amide bonds. The van der Waals surface area contributed by atoms with Crippen LogP contribution in [0.15, 0.2) is 119 Å². The zero-order chi connectivity index (χ0) is 27.1. The van der Waals surface area contributed by atoms with E-state index in [4.69, 9.17) is 9.98 Å². The number of fused-ring (bicyclic) bond motifs is 2. The number of phenols is 1. The largest absolute Gasteiger partial charge is 0.507 e. The third-order valence-electron chi connectivity index (χ3n) is 7.60. The van der Waals surface area contributed by atoms with E-state index in [0.29, 0.717) is 31.9 Å².